The second kappa shape index (κ2) is 5.80. The van der Waals surface area contributed by atoms with E-state index in [0.717, 1.165) is 36.8 Å². The van der Waals surface area contributed by atoms with Gasteiger partial charge >= 0.3 is 0 Å². The third kappa shape index (κ3) is 3.40. The lowest BCUT2D eigenvalue weighted by atomic mass is 10.4. The highest BCUT2D eigenvalue weighted by Crippen LogP contribution is 2.15. The predicted molar refractivity (Wildman–Crippen MR) is 69.2 cm³/mol. The first kappa shape index (κ1) is 12.8. The van der Waals surface area contributed by atoms with Crippen molar-refractivity contribution in [3.8, 4) is 0 Å². The van der Waals surface area contributed by atoms with Gasteiger partial charge in [-0.05, 0) is 6.42 Å². The maximum absolute atomic E-state index is 11.7. The topological polar surface area (TPSA) is 36.4 Å². The minimum absolute atomic E-state index is 0.191. The fourth-order valence-electron chi connectivity index (χ4n) is 1.86. The first-order valence-corrected chi connectivity index (χ1v) is 7.06. The van der Waals surface area contributed by atoms with Crippen molar-refractivity contribution < 1.29 is 4.79 Å². The van der Waals surface area contributed by atoms with Crippen molar-refractivity contribution in [3.05, 3.63) is 16.1 Å². The van der Waals surface area contributed by atoms with Crippen LogP contribution < -0.4 is 0 Å². The van der Waals surface area contributed by atoms with E-state index in [-0.39, 0.29) is 5.91 Å². The molecule has 1 aromatic heterocycles. The summed E-state index contributed by atoms with van der Waals surface area (Å²) in [6.45, 7) is 3.04. The van der Waals surface area contributed by atoms with Gasteiger partial charge in [-0.25, -0.2) is 4.98 Å². The van der Waals surface area contributed by atoms with E-state index >= 15 is 0 Å². The van der Waals surface area contributed by atoms with Gasteiger partial charge in [0.1, 0.15) is 5.01 Å². The van der Waals surface area contributed by atoms with E-state index < -0.39 is 0 Å². The van der Waals surface area contributed by atoms with Crippen LogP contribution in [0.3, 0.4) is 0 Å². The number of amides is 1. The Labute approximate surface area is 110 Å². The molecule has 0 radical (unpaired) electrons. The van der Waals surface area contributed by atoms with Crippen molar-refractivity contribution in [2.75, 3.05) is 26.7 Å². The predicted octanol–water partition coefficient (Wildman–Crippen LogP) is 1.55. The van der Waals surface area contributed by atoms with Crippen LogP contribution in [0.15, 0.2) is 5.38 Å². The Kier molecular flexibility index (Phi) is 4.36. The van der Waals surface area contributed by atoms with Gasteiger partial charge in [0.2, 0.25) is 5.91 Å². The smallest absolute Gasteiger partial charge is 0.236 e. The fourth-order valence-corrected chi connectivity index (χ4v) is 2.92. The minimum atomic E-state index is 0.191. The molecule has 0 bridgehead atoms. The summed E-state index contributed by atoms with van der Waals surface area (Å²) in [5.74, 6) is 0.648. The number of likely N-dealkylation sites (N-methyl/N-ethyl adjacent to an activating group) is 1. The Balaban J connectivity index is 1.96. The average Bonchev–Trinajstić information content (AvgIpc) is 2.69. The monoisotopic (exact) mass is 273 g/mol. The van der Waals surface area contributed by atoms with Gasteiger partial charge in [0.05, 0.1) is 24.7 Å². The van der Waals surface area contributed by atoms with E-state index in [1.165, 1.54) is 0 Å². The molecule has 4 nitrogen and oxygen atoms in total. The SMILES string of the molecule is CN1CCCN(Cc2nc(CCl)cs2)CC1=O. The Morgan fingerprint density at radius 1 is 1.53 bits per heavy atom. The summed E-state index contributed by atoms with van der Waals surface area (Å²) in [5, 5.41) is 3.02. The quantitative estimate of drug-likeness (QED) is 0.784. The molecule has 1 saturated heterocycles. The molecule has 17 heavy (non-hydrogen) atoms. The number of carbonyl (C=O) groups is 1. The number of hydrogen-bond donors (Lipinski definition) is 0. The number of thiazole rings is 1. The zero-order chi connectivity index (χ0) is 12.3. The van der Waals surface area contributed by atoms with Gasteiger partial charge in [0.15, 0.2) is 0 Å². The molecule has 1 fully saturated rings. The highest BCUT2D eigenvalue weighted by atomic mass is 35.5. The largest absolute Gasteiger partial charge is 0.345 e. The van der Waals surface area contributed by atoms with E-state index in [0.29, 0.717) is 12.4 Å². The lowest BCUT2D eigenvalue weighted by Gasteiger charge is -2.17. The van der Waals surface area contributed by atoms with E-state index in [2.05, 4.69) is 9.88 Å². The summed E-state index contributed by atoms with van der Waals surface area (Å²) in [6.07, 6.45) is 1.02. The molecule has 0 atom stereocenters. The number of hydrogen-bond acceptors (Lipinski definition) is 4. The van der Waals surface area contributed by atoms with Crippen molar-refractivity contribution in [1.82, 2.24) is 14.8 Å². The zero-order valence-electron chi connectivity index (χ0n) is 9.86. The van der Waals surface area contributed by atoms with Crippen molar-refractivity contribution in [2.24, 2.45) is 0 Å². The van der Waals surface area contributed by atoms with Crippen LogP contribution in [0.2, 0.25) is 0 Å². The number of halogens is 1. The van der Waals surface area contributed by atoms with Crippen molar-refractivity contribution in [1.29, 1.82) is 0 Å². The fraction of sp³-hybridized carbons (Fsp3) is 0.636. The van der Waals surface area contributed by atoms with Crippen LogP contribution in [0.5, 0.6) is 0 Å². The summed E-state index contributed by atoms with van der Waals surface area (Å²) in [6, 6.07) is 0. The lowest BCUT2D eigenvalue weighted by molar-refractivity contribution is -0.129. The van der Waals surface area contributed by atoms with Gasteiger partial charge in [-0.1, -0.05) is 0 Å². The molecule has 0 spiro atoms. The number of aromatic nitrogens is 1. The van der Waals surface area contributed by atoms with Gasteiger partial charge in [0.25, 0.3) is 0 Å². The normalized spacial score (nSPS) is 18.5. The lowest BCUT2D eigenvalue weighted by Crippen LogP contribution is -2.34. The molecule has 1 aliphatic heterocycles. The van der Waals surface area contributed by atoms with E-state index in [1.807, 2.05) is 12.4 Å². The molecule has 94 valence electrons. The second-order valence-corrected chi connectivity index (χ2v) is 5.46. The molecule has 0 aliphatic carbocycles. The average molecular weight is 274 g/mol. The van der Waals surface area contributed by atoms with Crippen LogP contribution in [0, 0.1) is 0 Å². The molecule has 2 heterocycles. The van der Waals surface area contributed by atoms with Crippen molar-refractivity contribution in [3.63, 3.8) is 0 Å². The third-order valence-electron chi connectivity index (χ3n) is 2.85. The van der Waals surface area contributed by atoms with Crippen molar-refractivity contribution in [2.45, 2.75) is 18.8 Å². The van der Waals surface area contributed by atoms with E-state index in [9.17, 15) is 4.79 Å². The van der Waals surface area contributed by atoms with Crippen LogP contribution in [0.25, 0.3) is 0 Å². The molecule has 1 aliphatic rings. The van der Waals surface area contributed by atoms with Gasteiger partial charge in [-0.3, -0.25) is 9.69 Å². The summed E-state index contributed by atoms with van der Waals surface area (Å²) in [4.78, 5) is 20.1. The van der Waals surface area contributed by atoms with Crippen LogP contribution in [0.4, 0.5) is 0 Å². The number of rotatable bonds is 3. The van der Waals surface area contributed by atoms with Crippen LogP contribution >= 0.6 is 22.9 Å². The van der Waals surface area contributed by atoms with Gasteiger partial charge in [0, 0.05) is 25.5 Å². The first-order chi connectivity index (χ1) is 8.19. The van der Waals surface area contributed by atoms with Crippen LogP contribution in [-0.4, -0.2) is 47.4 Å². The van der Waals surface area contributed by atoms with E-state index in [4.69, 9.17) is 11.6 Å². The highest BCUT2D eigenvalue weighted by Gasteiger charge is 2.19. The maximum Gasteiger partial charge on any atom is 0.236 e. The Morgan fingerprint density at radius 3 is 3.06 bits per heavy atom. The molecular weight excluding hydrogens is 258 g/mol. The molecule has 2 rings (SSSR count). The van der Waals surface area contributed by atoms with Gasteiger partial charge < -0.3 is 4.90 Å². The van der Waals surface area contributed by atoms with E-state index in [1.54, 1.807) is 16.2 Å². The summed E-state index contributed by atoms with van der Waals surface area (Å²) < 4.78 is 0. The standard InChI is InChI=1S/C11H16ClN3OS/c1-14-3-2-4-15(7-11(14)16)6-10-13-9(5-12)8-17-10/h8H,2-7H2,1H3. The van der Waals surface area contributed by atoms with Gasteiger partial charge in [-0.15, -0.1) is 22.9 Å². The second-order valence-electron chi connectivity index (χ2n) is 4.25. The number of carbonyl (C=O) groups excluding carboxylic acids is 1. The summed E-state index contributed by atoms with van der Waals surface area (Å²) in [7, 11) is 1.86. The van der Waals surface area contributed by atoms with Crippen molar-refractivity contribution >= 4 is 28.8 Å². The molecule has 6 heteroatoms. The minimum Gasteiger partial charge on any atom is -0.345 e. The molecule has 0 aromatic carbocycles. The third-order valence-corrected chi connectivity index (χ3v) is 4.00. The Hall–Kier alpha value is -0.650. The number of nitrogens with zero attached hydrogens (tertiary/aromatic N) is 3. The van der Waals surface area contributed by atoms with Crippen LogP contribution in [0.1, 0.15) is 17.1 Å². The molecule has 1 amide bonds. The summed E-state index contributed by atoms with van der Waals surface area (Å²) in [5.41, 5.74) is 0.921. The molecule has 0 saturated carbocycles. The Morgan fingerprint density at radius 2 is 2.35 bits per heavy atom. The van der Waals surface area contributed by atoms with Gasteiger partial charge in [-0.2, -0.15) is 0 Å². The zero-order valence-corrected chi connectivity index (χ0v) is 11.4. The highest BCUT2D eigenvalue weighted by molar-refractivity contribution is 7.09. The Bertz CT molecular complexity index is 396. The summed E-state index contributed by atoms with van der Waals surface area (Å²) >= 11 is 7.34. The molecule has 0 unspecified atom stereocenters. The first-order valence-electron chi connectivity index (χ1n) is 5.64. The maximum atomic E-state index is 11.7. The van der Waals surface area contributed by atoms with Crippen LogP contribution in [-0.2, 0) is 17.2 Å². The number of alkyl halides is 1. The molecule has 0 N–H and O–H groups in total. The molecular formula is C11H16ClN3OS. The molecule has 1 aromatic rings.